The highest BCUT2D eigenvalue weighted by molar-refractivity contribution is 7.89. The first kappa shape index (κ1) is 23.0. The van der Waals surface area contributed by atoms with Crippen molar-refractivity contribution in [2.75, 3.05) is 43.5 Å². The quantitative estimate of drug-likeness (QED) is 0.646. The lowest BCUT2D eigenvalue weighted by molar-refractivity contribution is -0.118. The first-order valence-electron chi connectivity index (χ1n) is 9.43. The summed E-state index contributed by atoms with van der Waals surface area (Å²) in [4.78, 5) is 23.2. The number of nitrogens with zero attached hydrogens (tertiary/aromatic N) is 1. The van der Waals surface area contributed by atoms with Crippen molar-refractivity contribution in [2.24, 2.45) is 0 Å². The van der Waals surface area contributed by atoms with Crippen LogP contribution in [0.15, 0.2) is 47.4 Å². The lowest BCUT2D eigenvalue weighted by Crippen LogP contribution is -2.40. The topological polar surface area (TPSA) is 114 Å². The molecule has 1 fully saturated rings. The molecule has 0 unspecified atom stereocenters. The molecule has 2 amide bonds. The molecule has 0 bridgehead atoms. The fraction of sp³-hybridized carbons (Fsp3) is 0.300. The molecule has 166 valence electrons. The number of amides is 2. The highest BCUT2D eigenvalue weighted by Crippen LogP contribution is 2.30. The standard InChI is InChI=1S/C20H22ClN3O6S/c1-14(25)22-16-3-5-17(6-4-16)23-20(26)13-30-18-7-2-15(21)12-19(18)31(27,28)24-8-10-29-11-9-24/h2-7,12H,8-11,13H2,1H3,(H,22,25)(H,23,26). The highest BCUT2D eigenvalue weighted by Gasteiger charge is 2.29. The van der Waals surface area contributed by atoms with Crippen molar-refractivity contribution in [3.63, 3.8) is 0 Å². The Kier molecular flexibility index (Phi) is 7.50. The minimum Gasteiger partial charge on any atom is -0.482 e. The largest absolute Gasteiger partial charge is 0.482 e. The first-order valence-corrected chi connectivity index (χ1v) is 11.3. The van der Waals surface area contributed by atoms with Gasteiger partial charge in [0, 0.05) is 36.4 Å². The number of hydrogen-bond donors (Lipinski definition) is 2. The van der Waals surface area contributed by atoms with E-state index in [1.54, 1.807) is 24.3 Å². The molecule has 3 rings (SSSR count). The van der Waals surface area contributed by atoms with E-state index in [4.69, 9.17) is 21.1 Å². The Bertz CT molecular complexity index is 1050. The van der Waals surface area contributed by atoms with Crippen molar-refractivity contribution in [3.8, 4) is 5.75 Å². The van der Waals surface area contributed by atoms with E-state index in [0.717, 1.165) is 0 Å². The van der Waals surface area contributed by atoms with Gasteiger partial charge in [-0.15, -0.1) is 0 Å². The summed E-state index contributed by atoms with van der Waals surface area (Å²) in [5.74, 6) is -0.639. The Labute approximate surface area is 185 Å². The molecule has 0 radical (unpaired) electrons. The van der Waals surface area contributed by atoms with E-state index in [0.29, 0.717) is 24.6 Å². The minimum absolute atomic E-state index is 0.0343. The SMILES string of the molecule is CC(=O)Nc1ccc(NC(=O)COc2ccc(Cl)cc2S(=O)(=O)N2CCOCC2)cc1. The van der Waals surface area contributed by atoms with Crippen LogP contribution in [0.1, 0.15) is 6.92 Å². The summed E-state index contributed by atoms with van der Waals surface area (Å²) >= 11 is 6.01. The van der Waals surface area contributed by atoms with Gasteiger partial charge in [-0.1, -0.05) is 11.6 Å². The number of halogens is 1. The third kappa shape index (κ3) is 6.17. The molecule has 0 aliphatic carbocycles. The van der Waals surface area contributed by atoms with Crippen molar-refractivity contribution in [3.05, 3.63) is 47.5 Å². The second-order valence-electron chi connectivity index (χ2n) is 6.70. The van der Waals surface area contributed by atoms with Gasteiger partial charge in [0.15, 0.2) is 6.61 Å². The first-order chi connectivity index (χ1) is 14.8. The number of ether oxygens (including phenoxy) is 2. The minimum atomic E-state index is -3.86. The van der Waals surface area contributed by atoms with Gasteiger partial charge in [-0.3, -0.25) is 9.59 Å². The van der Waals surface area contributed by atoms with E-state index in [1.807, 2.05) is 0 Å². The second-order valence-corrected chi connectivity index (χ2v) is 9.05. The van der Waals surface area contributed by atoms with Gasteiger partial charge in [-0.2, -0.15) is 4.31 Å². The molecular formula is C20H22ClN3O6S. The maximum absolute atomic E-state index is 13.0. The smallest absolute Gasteiger partial charge is 0.262 e. The van der Waals surface area contributed by atoms with Crippen LogP contribution in [0, 0.1) is 0 Å². The summed E-state index contributed by atoms with van der Waals surface area (Å²) in [6.45, 7) is 2.06. The molecule has 0 atom stereocenters. The Hall–Kier alpha value is -2.66. The van der Waals surface area contributed by atoms with Gasteiger partial charge in [0.2, 0.25) is 15.9 Å². The molecule has 1 saturated heterocycles. The third-order valence-electron chi connectivity index (χ3n) is 4.34. The van der Waals surface area contributed by atoms with Crippen molar-refractivity contribution in [1.82, 2.24) is 4.31 Å². The molecule has 2 aromatic carbocycles. The van der Waals surface area contributed by atoms with E-state index in [9.17, 15) is 18.0 Å². The van der Waals surface area contributed by atoms with Crippen LogP contribution in [0.4, 0.5) is 11.4 Å². The number of carbonyl (C=O) groups is 2. The van der Waals surface area contributed by atoms with Crippen molar-refractivity contribution in [1.29, 1.82) is 0 Å². The Morgan fingerprint density at radius 2 is 1.68 bits per heavy atom. The predicted octanol–water partition coefficient (Wildman–Crippen LogP) is 2.34. The van der Waals surface area contributed by atoms with Gasteiger partial charge in [0.05, 0.1) is 13.2 Å². The Morgan fingerprint density at radius 1 is 1.06 bits per heavy atom. The number of nitrogens with one attached hydrogen (secondary N) is 2. The zero-order valence-electron chi connectivity index (χ0n) is 16.8. The molecule has 0 spiro atoms. The van der Waals surface area contributed by atoms with Crippen molar-refractivity contribution in [2.45, 2.75) is 11.8 Å². The van der Waals surface area contributed by atoms with Gasteiger partial charge in [0.25, 0.3) is 5.91 Å². The molecule has 31 heavy (non-hydrogen) atoms. The molecule has 1 heterocycles. The van der Waals surface area contributed by atoms with Crippen molar-refractivity contribution < 1.29 is 27.5 Å². The lowest BCUT2D eigenvalue weighted by Gasteiger charge is -2.26. The van der Waals surface area contributed by atoms with Crippen LogP contribution in [-0.4, -0.2) is 57.4 Å². The number of hydrogen-bond acceptors (Lipinski definition) is 6. The Morgan fingerprint density at radius 3 is 2.29 bits per heavy atom. The summed E-state index contributed by atoms with van der Waals surface area (Å²) in [5, 5.41) is 5.51. The molecular weight excluding hydrogens is 446 g/mol. The number of carbonyl (C=O) groups excluding carboxylic acids is 2. The van der Waals surface area contributed by atoms with Gasteiger partial charge in [-0.25, -0.2) is 8.42 Å². The van der Waals surface area contributed by atoms with E-state index >= 15 is 0 Å². The molecule has 1 aliphatic heterocycles. The average Bonchev–Trinajstić information content (AvgIpc) is 2.74. The predicted molar refractivity (Wildman–Crippen MR) is 116 cm³/mol. The Balaban J connectivity index is 1.67. The zero-order chi connectivity index (χ0) is 22.4. The second kappa shape index (κ2) is 10.1. The number of morpholine rings is 1. The van der Waals surface area contributed by atoms with Crippen LogP contribution < -0.4 is 15.4 Å². The maximum atomic E-state index is 13.0. The normalized spacial score (nSPS) is 14.6. The monoisotopic (exact) mass is 467 g/mol. The number of rotatable bonds is 7. The van der Waals surface area contributed by atoms with Crippen LogP contribution >= 0.6 is 11.6 Å². The van der Waals surface area contributed by atoms with Crippen LogP contribution in [-0.2, 0) is 24.3 Å². The molecule has 9 nitrogen and oxygen atoms in total. The van der Waals surface area contributed by atoms with Gasteiger partial charge >= 0.3 is 0 Å². The average molecular weight is 468 g/mol. The molecule has 1 aliphatic rings. The van der Waals surface area contributed by atoms with Gasteiger partial charge in [0.1, 0.15) is 10.6 Å². The molecule has 2 N–H and O–H groups in total. The highest BCUT2D eigenvalue weighted by atomic mass is 35.5. The number of anilines is 2. The summed E-state index contributed by atoms with van der Waals surface area (Å²) in [6, 6.07) is 10.8. The molecule has 2 aromatic rings. The van der Waals surface area contributed by atoms with Gasteiger partial charge < -0.3 is 20.1 Å². The van der Waals surface area contributed by atoms with E-state index in [-0.39, 0.29) is 34.7 Å². The fourth-order valence-corrected chi connectivity index (χ4v) is 4.71. The van der Waals surface area contributed by atoms with E-state index in [2.05, 4.69) is 10.6 Å². The maximum Gasteiger partial charge on any atom is 0.262 e. The lowest BCUT2D eigenvalue weighted by atomic mass is 10.2. The summed E-state index contributed by atoms with van der Waals surface area (Å²) in [6.07, 6.45) is 0. The third-order valence-corrected chi connectivity index (χ3v) is 6.50. The molecule has 0 aromatic heterocycles. The summed E-state index contributed by atoms with van der Waals surface area (Å²) in [5.41, 5.74) is 1.10. The van der Waals surface area contributed by atoms with Crippen LogP contribution in [0.5, 0.6) is 5.75 Å². The van der Waals surface area contributed by atoms with Crippen LogP contribution in [0.25, 0.3) is 0 Å². The molecule has 0 saturated carbocycles. The number of sulfonamides is 1. The van der Waals surface area contributed by atoms with Crippen molar-refractivity contribution >= 4 is 44.8 Å². The van der Waals surface area contributed by atoms with E-state index < -0.39 is 22.5 Å². The zero-order valence-corrected chi connectivity index (χ0v) is 18.3. The summed E-state index contributed by atoms with van der Waals surface area (Å²) in [7, 11) is -3.86. The van der Waals surface area contributed by atoms with Crippen LogP contribution in [0.2, 0.25) is 5.02 Å². The summed E-state index contributed by atoms with van der Waals surface area (Å²) < 4.78 is 38.0. The molecule has 11 heteroatoms. The fourth-order valence-electron chi connectivity index (χ4n) is 2.91. The van der Waals surface area contributed by atoms with E-state index in [1.165, 1.54) is 29.4 Å². The number of benzene rings is 2. The van der Waals surface area contributed by atoms with Crippen LogP contribution in [0.3, 0.4) is 0 Å². The van der Waals surface area contributed by atoms with Gasteiger partial charge in [-0.05, 0) is 42.5 Å².